The zero-order valence-electron chi connectivity index (χ0n) is 10.6. The molecule has 0 N–H and O–H groups in total. The summed E-state index contributed by atoms with van der Waals surface area (Å²) >= 11 is 3.55. The highest BCUT2D eigenvalue weighted by Gasteiger charge is 2.40. The molecule has 1 saturated heterocycles. The SMILES string of the molecule is CC1CCN(C(=O)C2Cc3ccccc32)C1CBr. The number of fused-ring (bicyclic) bond motifs is 1. The van der Waals surface area contributed by atoms with Gasteiger partial charge in [-0.1, -0.05) is 47.1 Å². The number of hydrogen-bond donors (Lipinski definition) is 0. The third-order valence-corrected chi connectivity index (χ3v) is 5.14. The molecule has 1 aromatic carbocycles. The van der Waals surface area contributed by atoms with Crippen LogP contribution in [0.5, 0.6) is 0 Å². The van der Waals surface area contributed by atoms with Crippen molar-refractivity contribution in [3.05, 3.63) is 35.4 Å². The standard InChI is InChI=1S/C15H18BrNO/c1-10-6-7-17(14(10)9-16)15(18)13-8-11-4-2-3-5-12(11)13/h2-5,10,13-14H,6-9H2,1H3. The van der Waals surface area contributed by atoms with Gasteiger partial charge in [0.05, 0.1) is 5.92 Å². The van der Waals surface area contributed by atoms with Crippen LogP contribution in [0.4, 0.5) is 0 Å². The Balaban J connectivity index is 1.77. The van der Waals surface area contributed by atoms with E-state index in [2.05, 4.69) is 46.0 Å². The maximum atomic E-state index is 12.6. The third kappa shape index (κ3) is 1.80. The molecule has 1 amide bonds. The van der Waals surface area contributed by atoms with Gasteiger partial charge in [0.1, 0.15) is 0 Å². The Labute approximate surface area is 116 Å². The van der Waals surface area contributed by atoms with Crippen LogP contribution in [0.2, 0.25) is 0 Å². The number of halogens is 1. The predicted molar refractivity (Wildman–Crippen MR) is 76.0 cm³/mol. The molecule has 1 fully saturated rings. The lowest BCUT2D eigenvalue weighted by molar-refractivity contribution is -0.134. The van der Waals surface area contributed by atoms with Crippen molar-refractivity contribution in [2.75, 3.05) is 11.9 Å². The zero-order valence-corrected chi connectivity index (χ0v) is 12.2. The Morgan fingerprint density at radius 3 is 2.94 bits per heavy atom. The summed E-state index contributed by atoms with van der Waals surface area (Å²) in [6, 6.07) is 8.70. The lowest BCUT2D eigenvalue weighted by Crippen LogP contribution is -2.44. The predicted octanol–water partition coefficient (Wildman–Crippen LogP) is 2.96. The first kappa shape index (κ1) is 12.2. The molecule has 0 spiro atoms. The molecule has 18 heavy (non-hydrogen) atoms. The van der Waals surface area contributed by atoms with Gasteiger partial charge in [0.25, 0.3) is 0 Å². The molecule has 3 atom stereocenters. The molecule has 3 unspecified atom stereocenters. The number of hydrogen-bond acceptors (Lipinski definition) is 1. The number of carbonyl (C=O) groups excluding carboxylic acids is 1. The van der Waals surface area contributed by atoms with Crippen LogP contribution in [0.15, 0.2) is 24.3 Å². The smallest absolute Gasteiger partial charge is 0.230 e. The molecule has 1 aliphatic carbocycles. The highest BCUT2D eigenvalue weighted by atomic mass is 79.9. The van der Waals surface area contributed by atoms with Crippen molar-refractivity contribution < 1.29 is 4.79 Å². The maximum absolute atomic E-state index is 12.6. The van der Waals surface area contributed by atoms with E-state index in [9.17, 15) is 4.79 Å². The summed E-state index contributed by atoms with van der Waals surface area (Å²) in [5.41, 5.74) is 2.59. The summed E-state index contributed by atoms with van der Waals surface area (Å²) < 4.78 is 0. The Kier molecular flexibility index (Phi) is 3.18. The van der Waals surface area contributed by atoms with Gasteiger partial charge in [-0.05, 0) is 29.9 Å². The number of carbonyl (C=O) groups is 1. The summed E-state index contributed by atoms with van der Waals surface area (Å²) in [5.74, 6) is 1.07. The summed E-state index contributed by atoms with van der Waals surface area (Å²) in [6.07, 6.45) is 2.06. The van der Waals surface area contributed by atoms with Crippen molar-refractivity contribution in [2.24, 2.45) is 5.92 Å². The average Bonchev–Trinajstić information content (AvgIpc) is 2.71. The van der Waals surface area contributed by atoms with E-state index in [0.717, 1.165) is 24.7 Å². The molecule has 0 aromatic heterocycles. The van der Waals surface area contributed by atoms with Crippen molar-refractivity contribution in [3.63, 3.8) is 0 Å². The summed E-state index contributed by atoms with van der Waals surface area (Å²) in [6.45, 7) is 3.17. The van der Waals surface area contributed by atoms with Crippen LogP contribution in [0.1, 0.15) is 30.4 Å². The number of nitrogens with zero attached hydrogens (tertiary/aromatic N) is 1. The number of alkyl halides is 1. The summed E-state index contributed by atoms with van der Waals surface area (Å²) in [7, 11) is 0. The van der Waals surface area contributed by atoms with Crippen LogP contribution in [-0.2, 0) is 11.2 Å². The van der Waals surface area contributed by atoms with Crippen LogP contribution in [-0.4, -0.2) is 28.7 Å². The van der Waals surface area contributed by atoms with E-state index in [0.29, 0.717) is 17.9 Å². The second-order valence-electron chi connectivity index (χ2n) is 5.47. The van der Waals surface area contributed by atoms with Gasteiger partial charge in [0.2, 0.25) is 5.91 Å². The molecule has 2 aliphatic rings. The monoisotopic (exact) mass is 307 g/mol. The Bertz CT molecular complexity index is 473. The lowest BCUT2D eigenvalue weighted by Gasteiger charge is -2.35. The number of rotatable bonds is 2. The van der Waals surface area contributed by atoms with Gasteiger partial charge in [-0.2, -0.15) is 0 Å². The van der Waals surface area contributed by atoms with Crippen molar-refractivity contribution >= 4 is 21.8 Å². The van der Waals surface area contributed by atoms with Gasteiger partial charge in [0.15, 0.2) is 0 Å². The number of likely N-dealkylation sites (tertiary alicyclic amines) is 1. The molecular weight excluding hydrogens is 290 g/mol. The van der Waals surface area contributed by atoms with E-state index in [1.54, 1.807) is 0 Å². The molecular formula is C15H18BrNO. The van der Waals surface area contributed by atoms with Gasteiger partial charge in [-0.3, -0.25) is 4.79 Å². The third-order valence-electron chi connectivity index (χ3n) is 4.48. The van der Waals surface area contributed by atoms with Gasteiger partial charge < -0.3 is 4.90 Å². The van der Waals surface area contributed by atoms with Crippen LogP contribution in [0, 0.1) is 5.92 Å². The van der Waals surface area contributed by atoms with E-state index in [1.807, 2.05) is 6.07 Å². The van der Waals surface area contributed by atoms with Crippen LogP contribution in [0.3, 0.4) is 0 Å². The molecule has 1 aromatic rings. The molecule has 1 heterocycles. The van der Waals surface area contributed by atoms with E-state index < -0.39 is 0 Å². The minimum absolute atomic E-state index is 0.119. The fraction of sp³-hybridized carbons (Fsp3) is 0.533. The first-order chi connectivity index (χ1) is 8.72. The molecule has 0 bridgehead atoms. The summed E-state index contributed by atoms with van der Waals surface area (Å²) in [5, 5.41) is 0.897. The van der Waals surface area contributed by atoms with Gasteiger partial charge >= 0.3 is 0 Å². The first-order valence-corrected chi connectivity index (χ1v) is 7.78. The Hall–Kier alpha value is -0.830. The van der Waals surface area contributed by atoms with Crippen LogP contribution < -0.4 is 0 Å². The van der Waals surface area contributed by atoms with E-state index in [4.69, 9.17) is 0 Å². The minimum atomic E-state index is 0.119. The minimum Gasteiger partial charge on any atom is -0.338 e. The van der Waals surface area contributed by atoms with E-state index in [-0.39, 0.29) is 5.92 Å². The normalized spacial score (nSPS) is 29.9. The highest BCUT2D eigenvalue weighted by molar-refractivity contribution is 9.09. The fourth-order valence-corrected chi connectivity index (χ4v) is 4.18. The fourth-order valence-electron chi connectivity index (χ4n) is 3.20. The van der Waals surface area contributed by atoms with Gasteiger partial charge in [-0.25, -0.2) is 0 Å². The molecule has 3 heteroatoms. The second-order valence-corrected chi connectivity index (χ2v) is 6.12. The Morgan fingerprint density at radius 2 is 2.22 bits per heavy atom. The van der Waals surface area contributed by atoms with E-state index >= 15 is 0 Å². The number of amides is 1. The maximum Gasteiger partial charge on any atom is 0.230 e. The van der Waals surface area contributed by atoms with Crippen molar-refractivity contribution in [1.29, 1.82) is 0 Å². The van der Waals surface area contributed by atoms with Gasteiger partial charge in [0, 0.05) is 17.9 Å². The van der Waals surface area contributed by atoms with Crippen molar-refractivity contribution in [1.82, 2.24) is 4.90 Å². The quantitative estimate of drug-likeness (QED) is 0.769. The molecule has 2 nitrogen and oxygen atoms in total. The first-order valence-electron chi connectivity index (χ1n) is 6.66. The van der Waals surface area contributed by atoms with Crippen molar-refractivity contribution in [2.45, 2.75) is 31.7 Å². The largest absolute Gasteiger partial charge is 0.338 e. The van der Waals surface area contributed by atoms with Crippen molar-refractivity contribution in [3.8, 4) is 0 Å². The second kappa shape index (κ2) is 4.69. The highest BCUT2D eigenvalue weighted by Crippen LogP contribution is 2.38. The molecule has 3 rings (SSSR count). The van der Waals surface area contributed by atoms with E-state index in [1.165, 1.54) is 11.1 Å². The molecule has 0 radical (unpaired) electrons. The van der Waals surface area contributed by atoms with Crippen LogP contribution in [0.25, 0.3) is 0 Å². The number of benzene rings is 1. The zero-order chi connectivity index (χ0) is 12.7. The average molecular weight is 308 g/mol. The van der Waals surface area contributed by atoms with Crippen LogP contribution >= 0.6 is 15.9 Å². The Morgan fingerprint density at radius 1 is 1.44 bits per heavy atom. The topological polar surface area (TPSA) is 20.3 Å². The molecule has 96 valence electrons. The summed E-state index contributed by atoms with van der Waals surface area (Å²) in [4.78, 5) is 14.7. The lowest BCUT2D eigenvalue weighted by atomic mass is 9.76. The van der Waals surface area contributed by atoms with Gasteiger partial charge in [-0.15, -0.1) is 0 Å². The molecule has 0 saturated carbocycles. The molecule has 1 aliphatic heterocycles.